The van der Waals surface area contributed by atoms with Gasteiger partial charge in [0.2, 0.25) is 23.6 Å². The van der Waals surface area contributed by atoms with Gasteiger partial charge in [0.1, 0.15) is 23.9 Å². The summed E-state index contributed by atoms with van der Waals surface area (Å²) in [5.41, 5.74) is 5.86. The Kier molecular flexibility index (Phi) is 10.7. The third kappa shape index (κ3) is 9.17. The Labute approximate surface area is 209 Å². The number of phenolic OH excluding ortho intramolecular Hbond substituents is 1. The number of aromatic hydroxyl groups is 1. The summed E-state index contributed by atoms with van der Waals surface area (Å²) in [5, 5.41) is 29.6. The molecule has 1 aliphatic rings. The molecule has 198 valence electrons. The van der Waals surface area contributed by atoms with Gasteiger partial charge in [-0.05, 0) is 49.4 Å². The van der Waals surface area contributed by atoms with Crippen molar-refractivity contribution in [2.45, 2.75) is 70.1 Å². The zero-order chi connectivity index (χ0) is 26.8. The van der Waals surface area contributed by atoms with Crippen LogP contribution in [0.5, 0.6) is 5.75 Å². The lowest BCUT2D eigenvalue weighted by Gasteiger charge is -2.25. The maximum atomic E-state index is 13.1. The topological polar surface area (TPSA) is 200 Å². The molecule has 1 aromatic carbocycles. The zero-order valence-corrected chi connectivity index (χ0v) is 20.5. The fraction of sp³-hybridized carbons (Fsp3) is 0.542. The maximum absolute atomic E-state index is 13.1. The fourth-order valence-electron chi connectivity index (χ4n) is 3.91. The molecule has 12 nitrogen and oxygen atoms in total. The van der Waals surface area contributed by atoms with Crippen molar-refractivity contribution in [2.75, 3.05) is 6.54 Å². The molecular weight excluding hydrogens is 470 g/mol. The minimum atomic E-state index is -1.32. The molecule has 1 saturated heterocycles. The van der Waals surface area contributed by atoms with Crippen LogP contribution in [0, 0.1) is 5.92 Å². The Morgan fingerprint density at radius 1 is 1.00 bits per heavy atom. The number of amides is 4. The standard InChI is InChI=1S/C24H35N5O7/c1-13(2)10-19(24(35)36)29-22(33)17(11-14-5-7-15(30)8-6-14)27-23(34)18(12-20(25)31)28-21(32)16-4-3-9-26-16/h5-8,13,16-19,26,30H,3-4,9-12H2,1-2H3,(H2,25,31)(H,27,34)(H,28,32)(H,29,33)(H,35,36). The van der Waals surface area contributed by atoms with E-state index in [0.29, 0.717) is 18.5 Å². The van der Waals surface area contributed by atoms with Crippen LogP contribution < -0.4 is 27.0 Å². The third-order valence-corrected chi connectivity index (χ3v) is 5.75. The van der Waals surface area contributed by atoms with Gasteiger partial charge in [0, 0.05) is 6.42 Å². The summed E-state index contributed by atoms with van der Waals surface area (Å²) in [6, 6.07) is 1.71. The highest BCUT2D eigenvalue weighted by Crippen LogP contribution is 2.13. The molecule has 4 amide bonds. The van der Waals surface area contributed by atoms with Gasteiger partial charge in [0.15, 0.2) is 0 Å². The predicted molar refractivity (Wildman–Crippen MR) is 130 cm³/mol. The quantitative estimate of drug-likeness (QED) is 0.180. The lowest BCUT2D eigenvalue weighted by molar-refractivity contribution is -0.143. The molecule has 4 atom stereocenters. The minimum absolute atomic E-state index is 0.0106. The Bertz CT molecular complexity index is 945. The number of hydrogen-bond donors (Lipinski definition) is 7. The van der Waals surface area contributed by atoms with Crippen LogP contribution in [-0.4, -0.2) is 70.5 Å². The normalized spacial score (nSPS) is 17.6. The van der Waals surface area contributed by atoms with Gasteiger partial charge in [-0.25, -0.2) is 4.79 Å². The van der Waals surface area contributed by atoms with Crippen molar-refractivity contribution in [3.63, 3.8) is 0 Å². The number of carbonyl (C=O) groups is 5. The molecule has 0 saturated carbocycles. The van der Waals surface area contributed by atoms with Crippen molar-refractivity contribution >= 4 is 29.6 Å². The van der Waals surface area contributed by atoms with Gasteiger partial charge in [-0.1, -0.05) is 26.0 Å². The van der Waals surface area contributed by atoms with E-state index in [2.05, 4.69) is 21.3 Å². The summed E-state index contributed by atoms with van der Waals surface area (Å²) >= 11 is 0. The zero-order valence-electron chi connectivity index (χ0n) is 20.5. The van der Waals surface area contributed by atoms with E-state index in [9.17, 15) is 34.2 Å². The molecule has 0 aromatic heterocycles. The molecule has 1 fully saturated rings. The summed E-state index contributed by atoms with van der Waals surface area (Å²) in [6.45, 7) is 4.28. The first-order chi connectivity index (χ1) is 17.0. The summed E-state index contributed by atoms with van der Waals surface area (Å²) in [5.74, 6) is -4.06. The summed E-state index contributed by atoms with van der Waals surface area (Å²) in [4.78, 5) is 62.0. The Balaban J connectivity index is 2.22. The molecule has 1 heterocycles. The number of nitrogens with two attached hydrogens (primary N) is 1. The number of carboxylic acids is 1. The van der Waals surface area contributed by atoms with Crippen molar-refractivity contribution in [1.82, 2.24) is 21.3 Å². The van der Waals surface area contributed by atoms with Crippen molar-refractivity contribution in [3.8, 4) is 5.75 Å². The lowest BCUT2D eigenvalue weighted by atomic mass is 10.0. The van der Waals surface area contributed by atoms with Gasteiger partial charge in [-0.2, -0.15) is 0 Å². The second-order valence-corrected chi connectivity index (χ2v) is 9.34. The lowest BCUT2D eigenvalue weighted by Crippen LogP contribution is -2.58. The van der Waals surface area contributed by atoms with Crippen LogP contribution in [0.4, 0.5) is 0 Å². The first-order valence-electron chi connectivity index (χ1n) is 11.9. The van der Waals surface area contributed by atoms with E-state index in [1.54, 1.807) is 12.1 Å². The van der Waals surface area contributed by atoms with Gasteiger partial charge in [0.05, 0.1) is 12.5 Å². The number of benzene rings is 1. The number of aliphatic carboxylic acids is 1. The largest absolute Gasteiger partial charge is 0.508 e. The first kappa shape index (κ1) is 28.6. The van der Waals surface area contributed by atoms with E-state index < -0.39 is 60.2 Å². The van der Waals surface area contributed by atoms with Crippen molar-refractivity contribution in [1.29, 1.82) is 0 Å². The SMILES string of the molecule is CC(C)CC(NC(=O)C(Cc1ccc(O)cc1)NC(=O)C(CC(N)=O)NC(=O)C1CCCN1)C(=O)O. The Morgan fingerprint density at radius 3 is 2.14 bits per heavy atom. The number of rotatable bonds is 13. The number of hydrogen-bond acceptors (Lipinski definition) is 7. The van der Waals surface area contributed by atoms with E-state index in [-0.39, 0.29) is 24.5 Å². The van der Waals surface area contributed by atoms with E-state index in [1.807, 2.05) is 13.8 Å². The summed E-state index contributed by atoms with van der Waals surface area (Å²) < 4.78 is 0. The average molecular weight is 506 g/mol. The molecule has 8 N–H and O–H groups in total. The summed E-state index contributed by atoms with van der Waals surface area (Å²) in [6.07, 6.45) is 1.03. The van der Waals surface area contributed by atoms with Crippen LogP contribution in [0.3, 0.4) is 0 Å². The third-order valence-electron chi connectivity index (χ3n) is 5.75. The van der Waals surface area contributed by atoms with Crippen LogP contribution in [0.1, 0.15) is 45.1 Å². The molecule has 0 radical (unpaired) electrons. The minimum Gasteiger partial charge on any atom is -0.508 e. The molecule has 2 rings (SSSR count). The highest BCUT2D eigenvalue weighted by atomic mass is 16.4. The van der Waals surface area contributed by atoms with Crippen LogP contribution in [-0.2, 0) is 30.4 Å². The highest BCUT2D eigenvalue weighted by molar-refractivity contribution is 5.96. The molecular formula is C24H35N5O7. The molecule has 4 unspecified atom stereocenters. The molecule has 1 aliphatic heterocycles. The molecule has 0 aliphatic carbocycles. The van der Waals surface area contributed by atoms with Gasteiger partial charge in [0.25, 0.3) is 0 Å². The van der Waals surface area contributed by atoms with Crippen molar-refractivity contribution in [2.24, 2.45) is 11.7 Å². The molecule has 0 spiro atoms. The maximum Gasteiger partial charge on any atom is 0.326 e. The van der Waals surface area contributed by atoms with Gasteiger partial charge >= 0.3 is 5.97 Å². The molecule has 36 heavy (non-hydrogen) atoms. The number of nitrogens with one attached hydrogen (secondary N) is 4. The van der Waals surface area contributed by atoms with Gasteiger partial charge < -0.3 is 37.2 Å². The van der Waals surface area contributed by atoms with E-state index in [0.717, 1.165) is 6.42 Å². The number of carboxylic acid groups (broad SMARTS) is 1. The average Bonchev–Trinajstić information content (AvgIpc) is 3.33. The monoisotopic (exact) mass is 505 g/mol. The van der Waals surface area contributed by atoms with E-state index >= 15 is 0 Å². The fourth-order valence-corrected chi connectivity index (χ4v) is 3.91. The van der Waals surface area contributed by atoms with E-state index in [4.69, 9.17) is 5.73 Å². The predicted octanol–water partition coefficient (Wildman–Crippen LogP) is -0.853. The van der Waals surface area contributed by atoms with Crippen LogP contribution in [0.15, 0.2) is 24.3 Å². The van der Waals surface area contributed by atoms with E-state index in [1.165, 1.54) is 12.1 Å². The van der Waals surface area contributed by atoms with Crippen molar-refractivity contribution in [3.05, 3.63) is 29.8 Å². The second-order valence-electron chi connectivity index (χ2n) is 9.34. The first-order valence-corrected chi connectivity index (χ1v) is 11.9. The Hall–Kier alpha value is -3.67. The smallest absolute Gasteiger partial charge is 0.326 e. The van der Waals surface area contributed by atoms with Gasteiger partial charge in [-0.3, -0.25) is 19.2 Å². The Morgan fingerprint density at radius 2 is 1.61 bits per heavy atom. The molecule has 0 bridgehead atoms. The van der Waals surface area contributed by atoms with Crippen LogP contribution in [0.2, 0.25) is 0 Å². The van der Waals surface area contributed by atoms with Crippen LogP contribution in [0.25, 0.3) is 0 Å². The number of phenols is 1. The molecule has 12 heteroatoms. The summed E-state index contributed by atoms with van der Waals surface area (Å²) in [7, 11) is 0. The second kappa shape index (κ2) is 13.4. The number of carbonyl (C=O) groups excluding carboxylic acids is 4. The van der Waals surface area contributed by atoms with Crippen LogP contribution >= 0.6 is 0 Å². The van der Waals surface area contributed by atoms with Gasteiger partial charge in [-0.15, -0.1) is 0 Å². The number of primary amides is 1. The highest BCUT2D eigenvalue weighted by Gasteiger charge is 2.32. The van der Waals surface area contributed by atoms with Crippen molar-refractivity contribution < 1.29 is 34.2 Å². The molecule has 1 aromatic rings.